The summed E-state index contributed by atoms with van der Waals surface area (Å²) in [5, 5.41) is 20.1. The third-order valence-corrected chi connectivity index (χ3v) is 4.23. The lowest BCUT2D eigenvalue weighted by molar-refractivity contribution is 0.569. The third kappa shape index (κ3) is 4.05. The number of nitrogens with zero attached hydrogens (tertiary/aromatic N) is 3. The van der Waals surface area contributed by atoms with Crippen molar-refractivity contribution in [3.8, 4) is 0 Å². The summed E-state index contributed by atoms with van der Waals surface area (Å²) in [7, 11) is 0. The average Bonchev–Trinajstić information content (AvgIpc) is 2.54. The SMILES string of the molecule is Cc1cnnc2c1C(=NNC(=N)N)CC(c1cc(Cl)ccc1F)C2.Cl. The van der Waals surface area contributed by atoms with Crippen LogP contribution in [0, 0.1) is 18.2 Å². The molecule has 3 rings (SSSR count). The van der Waals surface area contributed by atoms with E-state index in [2.05, 4.69) is 20.7 Å². The van der Waals surface area contributed by atoms with Gasteiger partial charge in [0.05, 0.1) is 17.6 Å². The minimum absolute atomic E-state index is 0. The normalized spacial score (nSPS) is 17.6. The Labute approximate surface area is 155 Å². The first-order valence-corrected chi connectivity index (χ1v) is 7.76. The highest BCUT2D eigenvalue weighted by atomic mass is 35.5. The molecule has 1 unspecified atom stereocenters. The van der Waals surface area contributed by atoms with Crippen molar-refractivity contribution in [1.82, 2.24) is 15.6 Å². The first-order chi connectivity index (χ1) is 11.5. The molecule has 1 atom stereocenters. The number of hydrogen-bond donors (Lipinski definition) is 3. The van der Waals surface area contributed by atoms with E-state index in [0.717, 1.165) is 16.8 Å². The molecule has 0 spiro atoms. The Bertz CT molecular complexity index is 839. The van der Waals surface area contributed by atoms with Crippen LogP contribution in [-0.2, 0) is 6.42 Å². The van der Waals surface area contributed by atoms with E-state index in [-0.39, 0.29) is 30.1 Å². The summed E-state index contributed by atoms with van der Waals surface area (Å²) in [6, 6.07) is 4.51. The Balaban J connectivity index is 0.00000225. The van der Waals surface area contributed by atoms with Crippen LogP contribution in [0.3, 0.4) is 0 Å². The van der Waals surface area contributed by atoms with Crippen molar-refractivity contribution in [1.29, 1.82) is 5.41 Å². The number of aryl methyl sites for hydroxylation is 1. The Morgan fingerprint density at radius 2 is 2.20 bits per heavy atom. The molecule has 1 aliphatic carbocycles. The molecular formula is C16H17Cl2FN6. The molecule has 0 amide bonds. The fourth-order valence-corrected chi connectivity index (χ4v) is 3.16. The quantitative estimate of drug-likeness (QED) is 0.422. The van der Waals surface area contributed by atoms with E-state index >= 15 is 0 Å². The van der Waals surface area contributed by atoms with Crippen LogP contribution in [0.4, 0.5) is 4.39 Å². The topological polar surface area (TPSA) is 100 Å². The number of nitrogens with one attached hydrogen (secondary N) is 2. The zero-order valence-corrected chi connectivity index (χ0v) is 15.0. The molecule has 2 aromatic rings. The van der Waals surface area contributed by atoms with E-state index in [0.29, 0.717) is 29.1 Å². The molecule has 6 nitrogen and oxygen atoms in total. The van der Waals surface area contributed by atoms with E-state index in [4.69, 9.17) is 22.7 Å². The van der Waals surface area contributed by atoms with Gasteiger partial charge in [0.2, 0.25) is 5.96 Å². The van der Waals surface area contributed by atoms with Gasteiger partial charge in [-0.05, 0) is 55.0 Å². The maximum Gasteiger partial charge on any atom is 0.206 e. The van der Waals surface area contributed by atoms with Crippen molar-refractivity contribution >= 4 is 35.7 Å². The fraction of sp³-hybridized carbons (Fsp3) is 0.250. The minimum atomic E-state index is -0.313. The molecule has 25 heavy (non-hydrogen) atoms. The zero-order valence-electron chi connectivity index (χ0n) is 13.4. The van der Waals surface area contributed by atoms with Crippen LogP contribution in [0.25, 0.3) is 0 Å². The van der Waals surface area contributed by atoms with Crippen LogP contribution in [0.15, 0.2) is 29.5 Å². The van der Waals surface area contributed by atoms with Crippen molar-refractivity contribution < 1.29 is 4.39 Å². The van der Waals surface area contributed by atoms with Crippen molar-refractivity contribution in [2.75, 3.05) is 0 Å². The third-order valence-electron chi connectivity index (χ3n) is 3.99. The summed E-state index contributed by atoms with van der Waals surface area (Å²) in [5.41, 5.74) is 11.5. The van der Waals surface area contributed by atoms with Gasteiger partial charge in [-0.15, -0.1) is 12.4 Å². The Morgan fingerprint density at radius 1 is 1.44 bits per heavy atom. The van der Waals surface area contributed by atoms with Crippen LogP contribution >= 0.6 is 24.0 Å². The smallest absolute Gasteiger partial charge is 0.206 e. The first kappa shape index (κ1) is 19.1. The van der Waals surface area contributed by atoms with Gasteiger partial charge >= 0.3 is 0 Å². The van der Waals surface area contributed by atoms with E-state index in [9.17, 15) is 4.39 Å². The van der Waals surface area contributed by atoms with Crippen molar-refractivity contribution in [3.05, 3.63) is 57.6 Å². The van der Waals surface area contributed by atoms with Crippen LogP contribution in [0.2, 0.25) is 5.02 Å². The van der Waals surface area contributed by atoms with Crippen molar-refractivity contribution in [3.63, 3.8) is 0 Å². The molecule has 1 aromatic heterocycles. The van der Waals surface area contributed by atoms with Gasteiger partial charge in [-0.2, -0.15) is 15.3 Å². The summed E-state index contributed by atoms with van der Waals surface area (Å²) >= 11 is 6.02. The predicted octanol–water partition coefficient (Wildman–Crippen LogP) is 2.92. The fourth-order valence-electron chi connectivity index (χ4n) is 2.98. The molecule has 0 radical (unpaired) electrons. The van der Waals surface area contributed by atoms with Crippen LogP contribution < -0.4 is 11.2 Å². The number of guanidine groups is 1. The number of hydrogen-bond acceptors (Lipinski definition) is 4. The Hall–Kier alpha value is -2.25. The van der Waals surface area contributed by atoms with Crippen molar-refractivity contribution in [2.24, 2.45) is 10.8 Å². The number of fused-ring (bicyclic) bond motifs is 1. The minimum Gasteiger partial charge on any atom is -0.369 e. The molecule has 1 aliphatic rings. The highest BCUT2D eigenvalue weighted by Gasteiger charge is 2.29. The first-order valence-electron chi connectivity index (χ1n) is 7.38. The summed E-state index contributed by atoms with van der Waals surface area (Å²) < 4.78 is 14.2. The second kappa shape index (κ2) is 7.76. The molecule has 0 saturated carbocycles. The summed E-state index contributed by atoms with van der Waals surface area (Å²) in [4.78, 5) is 0. The number of hydrazone groups is 1. The molecule has 0 fully saturated rings. The van der Waals surface area contributed by atoms with E-state index in [1.165, 1.54) is 12.1 Å². The van der Waals surface area contributed by atoms with Gasteiger partial charge in [0.25, 0.3) is 0 Å². The maximum atomic E-state index is 14.2. The standard InChI is InChI=1S/C16H16ClFN6.ClH/c1-8-7-21-22-13-4-9(11-6-10(17)2-3-12(11)18)5-14(15(8)13)23-24-16(19)20;/h2-3,6-7,9H,4-5H2,1H3,(H4,19,20,24);1H. The number of nitrogens with two attached hydrogens (primary N) is 1. The summed E-state index contributed by atoms with van der Waals surface area (Å²) in [5.74, 6) is -0.744. The molecule has 4 N–H and O–H groups in total. The number of benzene rings is 1. The molecule has 0 aliphatic heterocycles. The summed E-state index contributed by atoms with van der Waals surface area (Å²) in [6.45, 7) is 1.91. The second-order valence-electron chi connectivity index (χ2n) is 5.70. The van der Waals surface area contributed by atoms with Gasteiger partial charge in [-0.3, -0.25) is 5.41 Å². The van der Waals surface area contributed by atoms with Crippen LogP contribution in [0.5, 0.6) is 0 Å². The highest BCUT2D eigenvalue weighted by molar-refractivity contribution is 6.30. The second-order valence-corrected chi connectivity index (χ2v) is 6.14. The molecule has 1 aromatic carbocycles. The van der Waals surface area contributed by atoms with Crippen LogP contribution in [-0.4, -0.2) is 21.9 Å². The van der Waals surface area contributed by atoms with E-state index in [1.807, 2.05) is 6.92 Å². The molecule has 132 valence electrons. The van der Waals surface area contributed by atoms with Crippen molar-refractivity contribution in [2.45, 2.75) is 25.7 Å². The lowest BCUT2D eigenvalue weighted by Gasteiger charge is -2.26. The molecule has 1 heterocycles. The molecule has 0 saturated heterocycles. The molecule has 0 bridgehead atoms. The number of halogens is 3. The number of rotatable bonds is 2. The molecule has 9 heteroatoms. The summed E-state index contributed by atoms with van der Waals surface area (Å²) in [6.07, 6.45) is 2.68. The van der Waals surface area contributed by atoms with Crippen LogP contribution in [0.1, 0.15) is 34.7 Å². The zero-order chi connectivity index (χ0) is 17.3. The van der Waals surface area contributed by atoms with Gasteiger partial charge < -0.3 is 5.73 Å². The molecular weight excluding hydrogens is 366 g/mol. The Kier molecular flexibility index (Phi) is 5.92. The average molecular weight is 383 g/mol. The van der Waals surface area contributed by atoms with E-state index in [1.54, 1.807) is 12.3 Å². The Morgan fingerprint density at radius 3 is 2.92 bits per heavy atom. The van der Waals surface area contributed by atoms with E-state index < -0.39 is 0 Å². The van der Waals surface area contributed by atoms with Gasteiger partial charge in [-0.25, -0.2) is 9.82 Å². The van der Waals surface area contributed by atoms with Gasteiger partial charge in [-0.1, -0.05) is 11.6 Å². The predicted molar refractivity (Wildman–Crippen MR) is 98.1 cm³/mol. The largest absolute Gasteiger partial charge is 0.369 e. The monoisotopic (exact) mass is 382 g/mol. The van der Waals surface area contributed by atoms with Gasteiger partial charge in [0.15, 0.2) is 0 Å². The lowest BCUT2D eigenvalue weighted by Crippen LogP contribution is -2.30. The van der Waals surface area contributed by atoms with Gasteiger partial charge in [0, 0.05) is 10.6 Å². The van der Waals surface area contributed by atoms with Gasteiger partial charge in [0.1, 0.15) is 5.82 Å². The maximum absolute atomic E-state index is 14.2. The highest BCUT2D eigenvalue weighted by Crippen LogP contribution is 2.35. The number of aromatic nitrogens is 2. The lowest BCUT2D eigenvalue weighted by atomic mass is 9.80.